The Balaban J connectivity index is 2.68. The lowest BCUT2D eigenvalue weighted by atomic mass is 10.1. The Morgan fingerprint density at radius 1 is 1.25 bits per heavy atom. The van der Waals surface area contributed by atoms with E-state index in [2.05, 4.69) is 19.2 Å². The number of carbonyl (C=O) groups is 1. The van der Waals surface area contributed by atoms with E-state index < -0.39 is 6.10 Å². The lowest BCUT2D eigenvalue weighted by Gasteiger charge is -2.22. The van der Waals surface area contributed by atoms with Gasteiger partial charge in [-0.05, 0) is 31.4 Å². The largest absolute Gasteiger partial charge is 0.497 e. The van der Waals surface area contributed by atoms with Crippen molar-refractivity contribution in [2.45, 2.75) is 46.3 Å². The second-order valence-electron chi connectivity index (χ2n) is 5.24. The molecule has 1 amide bonds. The van der Waals surface area contributed by atoms with Gasteiger partial charge in [-0.3, -0.25) is 4.79 Å². The Kier molecular flexibility index (Phi) is 6.36. The molecule has 0 unspecified atom stereocenters. The molecule has 1 aromatic carbocycles. The van der Waals surface area contributed by atoms with Crippen molar-refractivity contribution in [3.8, 4) is 11.5 Å². The normalized spacial score (nSPS) is 13.7. The molecular formula is C16H25NO3. The third kappa shape index (κ3) is 4.76. The predicted octanol–water partition coefficient (Wildman–Crippen LogP) is 3.01. The molecular weight excluding hydrogens is 254 g/mol. The van der Waals surface area contributed by atoms with Crippen LogP contribution in [0.5, 0.6) is 11.5 Å². The first kappa shape index (κ1) is 16.3. The van der Waals surface area contributed by atoms with E-state index in [9.17, 15) is 4.79 Å². The van der Waals surface area contributed by atoms with Gasteiger partial charge in [0.15, 0.2) is 6.10 Å². The molecule has 0 fully saturated rings. The number of hydrogen-bond donors (Lipinski definition) is 1. The quantitative estimate of drug-likeness (QED) is 0.834. The summed E-state index contributed by atoms with van der Waals surface area (Å²) < 4.78 is 10.9. The molecule has 4 nitrogen and oxygen atoms in total. The van der Waals surface area contributed by atoms with E-state index in [-0.39, 0.29) is 11.9 Å². The maximum absolute atomic E-state index is 12.2. The van der Waals surface area contributed by atoms with Gasteiger partial charge < -0.3 is 14.8 Å². The molecule has 0 aromatic heterocycles. The van der Waals surface area contributed by atoms with Crippen LogP contribution in [0.4, 0.5) is 0 Å². The van der Waals surface area contributed by atoms with Crippen molar-refractivity contribution >= 4 is 5.91 Å². The summed E-state index contributed by atoms with van der Waals surface area (Å²) in [5.41, 5.74) is 0. The number of carbonyl (C=O) groups excluding carboxylic acids is 1. The summed E-state index contributed by atoms with van der Waals surface area (Å²) in [5.74, 6) is 1.68. The summed E-state index contributed by atoms with van der Waals surface area (Å²) in [4.78, 5) is 12.2. The van der Waals surface area contributed by atoms with Gasteiger partial charge in [0.25, 0.3) is 5.91 Å². The summed E-state index contributed by atoms with van der Waals surface area (Å²) >= 11 is 0. The number of nitrogens with one attached hydrogen (secondary N) is 1. The van der Waals surface area contributed by atoms with Crippen LogP contribution >= 0.6 is 0 Å². The van der Waals surface area contributed by atoms with E-state index in [4.69, 9.17) is 9.47 Å². The molecule has 0 aliphatic carbocycles. The van der Waals surface area contributed by atoms with Crippen LogP contribution in [0.25, 0.3) is 0 Å². The maximum Gasteiger partial charge on any atom is 0.261 e. The summed E-state index contributed by atoms with van der Waals surface area (Å²) in [5, 5.41) is 2.98. The number of ether oxygens (including phenoxy) is 2. The van der Waals surface area contributed by atoms with E-state index in [1.807, 2.05) is 32.0 Å². The first-order valence-corrected chi connectivity index (χ1v) is 7.09. The van der Waals surface area contributed by atoms with Gasteiger partial charge in [0.2, 0.25) is 0 Å². The zero-order valence-corrected chi connectivity index (χ0v) is 13.0. The first-order valence-electron chi connectivity index (χ1n) is 7.09. The fourth-order valence-corrected chi connectivity index (χ4v) is 1.65. The standard InChI is InChI=1S/C16H25NO3/c1-6-15(16(18)17-12(4)11(2)3)20-14-9-7-8-13(10-14)19-5/h7-12,15H,6H2,1-5H3,(H,17,18)/t12-,15-/m1/s1. The molecule has 1 aromatic rings. The molecule has 20 heavy (non-hydrogen) atoms. The minimum absolute atomic E-state index is 0.0727. The third-order valence-corrected chi connectivity index (χ3v) is 3.35. The van der Waals surface area contributed by atoms with Gasteiger partial charge in [0, 0.05) is 12.1 Å². The molecule has 2 atom stereocenters. The van der Waals surface area contributed by atoms with Crippen molar-refractivity contribution < 1.29 is 14.3 Å². The van der Waals surface area contributed by atoms with Crippen molar-refractivity contribution in [1.29, 1.82) is 0 Å². The van der Waals surface area contributed by atoms with Crippen LogP contribution in [0, 0.1) is 5.92 Å². The smallest absolute Gasteiger partial charge is 0.261 e. The monoisotopic (exact) mass is 279 g/mol. The van der Waals surface area contributed by atoms with Crippen LogP contribution in [0.1, 0.15) is 34.1 Å². The lowest BCUT2D eigenvalue weighted by molar-refractivity contribution is -0.129. The summed E-state index contributed by atoms with van der Waals surface area (Å²) in [6.07, 6.45) is 0.136. The Bertz CT molecular complexity index is 431. The van der Waals surface area contributed by atoms with Crippen LogP contribution in [0.2, 0.25) is 0 Å². The summed E-state index contributed by atoms with van der Waals surface area (Å²) in [6, 6.07) is 7.42. The van der Waals surface area contributed by atoms with E-state index in [0.717, 1.165) is 0 Å². The molecule has 1 N–H and O–H groups in total. The molecule has 1 rings (SSSR count). The zero-order chi connectivity index (χ0) is 15.1. The highest BCUT2D eigenvalue weighted by Gasteiger charge is 2.21. The van der Waals surface area contributed by atoms with Crippen molar-refractivity contribution in [3.05, 3.63) is 24.3 Å². The lowest BCUT2D eigenvalue weighted by Crippen LogP contribution is -2.44. The Morgan fingerprint density at radius 3 is 2.45 bits per heavy atom. The van der Waals surface area contributed by atoms with E-state index >= 15 is 0 Å². The fraction of sp³-hybridized carbons (Fsp3) is 0.562. The van der Waals surface area contributed by atoms with Crippen molar-refractivity contribution in [2.75, 3.05) is 7.11 Å². The SMILES string of the molecule is CC[C@@H](Oc1cccc(OC)c1)C(=O)N[C@H](C)C(C)C. The zero-order valence-electron chi connectivity index (χ0n) is 13.0. The van der Waals surface area contributed by atoms with Gasteiger partial charge in [-0.15, -0.1) is 0 Å². The molecule has 0 bridgehead atoms. The highest BCUT2D eigenvalue weighted by Crippen LogP contribution is 2.20. The van der Waals surface area contributed by atoms with E-state index in [1.165, 1.54) is 0 Å². The molecule has 0 heterocycles. The van der Waals surface area contributed by atoms with Gasteiger partial charge in [-0.1, -0.05) is 26.8 Å². The highest BCUT2D eigenvalue weighted by atomic mass is 16.5. The Hall–Kier alpha value is -1.71. The molecule has 0 saturated carbocycles. The van der Waals surface area contributed by atoms with Crippen LogP contribution in [0.3, 0.4) is 0 Å². The number of benzene rings is 1. The summed E-state index contributed by atoms with van der Waals surface area (Å²) in [6.45, 7) is 8.09. The third-order valence-electron chi connectivity index (χ3n) is 3.35. The number of amides is 1. The van der Waals surface area contributed by atoms with Gasteiger partial charge in [0.05, 0.1) is 7.11 Å². The van der Waals surface area contributed by atoms with Crippen molar-refractivity contribution in [3.63, 3.8) is 0 Å². The number of hydrogen-bond acceptors (Lipinski definition) is 3. The minimum Gasteiger partial charge on any atom is -0.497 e. The van der Waals surface area contributed by atoms with Crippen LogP contribution in [-0.4, -0.2) is 25.2 Å². The van der Waals surface area contributed by atoms with Gasteiger partial charge >= 0.3 is 0 Å². The van der Waals surface area contributed by atoms with Gasteiger partial charge in [-0.2, -0.15) is 0 Å². The Morgan fingerprint density at radius 2 is 1.90 bits per heavy atom. The van der Waals surface area contributed by atoms with E-state index in [0.29, 0.717) is 23.8 Å². The average Bonchev–Trinajstić information content (AvgIpc) is 2.44. The van der Waals surface area contributed by atoms with Crippen LogP contribution in [0.15, 0.2) is 24.3 Å². The molecule has 0 saturated heterocycles. The van der Waals surface area contributed by atoms with E-state index in [1.54, 1.807) is 13.2 Å². The molecule has 0 spiro atoms. The molecule has 112 valence electrons. The molecule has 4 heteroatoms. The van der Waals surface area contributed by atoms with Gasteiger partial charge in [0.1, 0.15) is 11.5 Å². The maximum atomic E-state index is 12.2. The number of methoxy groups -OCH3 is 1. The first-order chi connectivity index (χ1) is 9.47. The second-order valence-corrected chi connectivity index (χ2v) is 5.24. The topological polar surface area (TPSA) is 47.6 Å². The molecule has 0 aliphatic rings. The highest BCUT2D eigenvalue weighted by molar-refractivity contribution is 5.81. The van der Waals surface area contributed by atoms with Crippen LogP contribution < -0.4 is 14.8 Å². The number of rotatable bonds is 7. The second kappa shape index (κ2) is 7.78. The van der Waals surface area contributed by atoms with Gasteiger partial charge in [-0.25, -0.2) is 0 Å². The fourth-order valence-electron chi connectivity index (χ4n) is 1.65. The molecule has 0 aliphatic heterocycles. The molecule has 0 radical (unpaired) electrons. The van der Waals surface area contributed by atoms with Crippen molar-refractivity contribution in [1.82, 2.24) is 5.32 Å². The predicted molar refractivity (Wildman–Crippen MR) is 80.1 cm³/mol. The summed E-state index contributed by atoms with van der Waals surface area (Å²) in [7, 11) is 1.60. The minimum atomic E-state index is -0.483. The average molecular weight is 279 g/mol. The van der Waals surface area contributed by atoms with Crippen LogP contribution in [-0.2, 0) is 4.79 Å². The van der Waals surface area contributed by atoms with Crippen molar-refractivity contribution in [2.24, 2.45) is 5.92 Å². The Labute approximate surface area is 121 Å².